The minimum atomic E-state index is -0.323. The van der Waals surface area contributed by atoms with Gasteiger partial charge in [0.2, 0.25) is 5.43 Å². The lowest BCUT2D eigenvalue weighted by Gasteiger charge is -2.25. The van der Waals surface area contributed by atoms with Gasteiger partial charge in [0.1, 0.15) is 23.6 Å². The Morgan fingerprint density at radius 2 is 1.94 bits per heavy atom. The van der Waals surface area contributed by atoms with Crippen molar-refractivity contribution >= 4 is 49.8 Å². The number of amides is 1. The lowest BCUT2D eigenvalue weighted by atomic mass is 10.0. The second-order valence-corrected chi connectivity index (χ2v) is 10.1. The third kappa shape index (κ3) is 4.26. The molecule has 36 heavy (non-hydrogen) atoms. The van der Waals surface area contributed by atoms with Crippen LogP contribution in [0.1, 0.15) is 30.0 Å². The molecule has 8 heteroatoms. The van der Waals surface area contributed by atoms with Crippen molar-refractivity contribution in [2.24, 2.45) is 4.99 Å². The summed E-state index contributed by atoms with van der Waals surface area (Å²) < 4.78 is 12.4. The predicted octanol–water partition coefficient (Wildman–Crippen LogP) is 5.55. The molecule has 3 aromatic carbocycles. The Labute approximate surface area is 215 Å². The van der Waals surface area contributed by atoms with E-state index >= 15 is 0 Å². The number of rotatable bonds is 4. The van der Waals surface area contributed by atoms with Crippen molar-refractivity contribution in [2.45, 2.75) is 31.5 Å². The molecule has 3 heterocycles. The SMILES string of the molecule is O=C(OCc1ccccc1)N1CCC[C@H]1C1=NCC(c2ccc3oc4cc(Br)ccc4c(=O)c3c2)N1. The van der Waals surface area contributed by atoms with Crippen LogP contribution in [0.4, 0.5) is 4.79 Å². The molecular weight excluding hydrogens is 522 g/mol. The number of likely N-dealkylation sites (tertiary alicyclic amines) is 1. The van der Waals surface area contributed by atoms with Crippen LogP contribution < -0.4 is 10.7 Å². The summed E-state index contributed by atoms with van der Waals surface area (Å²) in [6.45, 7) is 1.43. The second kappa shape index (κ2) is 9.43. The smallest absolute Gasteiger partial charge is 0.410 e. The number of hydrogen-bond donors (Lipinski definition) is 1. The first-order valence-corrected chi connectivity index (χ1v) is 12.8. The lowest BCUT2D eigenvalue weighted by molar-refractivity contribution is 0.0990. The zero-order valence-electron chi connectivity index (χ0n) is 19.4. The quantitative estimate of drug-likeness (QED) is 0.340. The van der Waals surface area contributed by atoms with Gasteiger partial charge in [0.15, 0.2) is 0 Å². The van der Waals surface area contributed by atoms with Crippen LogP contribution in [-0.4, -0.2) is 36.0 Å². The Hall–Kier alpha value is -3.65. The van der Waals surface area contributed by atoms with E-state index in [1.165, 1.54) is 0 Å². The number of nitrogens with one attached hydrogen (secondary N) is 1. The third-order valence-electron chi connectivity index (χ3n) is 6.83. The Kier molecular flexibility index (Phi) is 5.97. The van der Waals surface area contributed by atoms with E-state index < -0.39 is 0 Å². The van der Waals surface area contributed by atoms with Crippen LogP contribution in [0.15, 0.2) is 85.4 Å². The monoisotopic (exact) mass is 545 g/mol. The van der Waals surface area contributed by atoms with Gasteiger partial charge in [-0.1, -0.05) is 52.3 Å². The Balaban J connectivity index is 1.18. The lowest BCUT2D eigenvalue weighted by Crippen LogP contribution is -2.45. The van der Waals surface area contributed by atoms with Crippen molar-refractivity contribution in [1.82, 2.24) is 10.2 Å². The van der Waals surface area contributed by atoms with Crippen LogP contribution >= 0.6 is 15.9 Å². The van der Waals surface area contributed by atoms with Gasteiger partial charge in [0, 0.05) is 11.0 Å². The number of halogens is 1. The van der Waals surface area contributed by atoms with E-state index in [1.807, 2.05) is 54.6 Å². The average molecular weight is 546 g/mol. The fourth-order valence-corrected chi connectivity index (χ4v) is 5.32. The van der Waals surface area contributed by atoms with E-state index in [0.29, 0.717) is 35.0 Å². The zero-order valence-corrected chi connectivity index (χ0v) is 21.0. The average Bonchev–Trinajstić information content (AvgIpc) is 3.58. The Morgan fingerprint density at radius 1 is 1.08 bits per heavy atom. The van der Waals surface area contributed by atoms with Crippen molar-refractivity contribution in [3.63, 3.8) is 0 Å². The number of nitrogens with zero attached hydrogens (tertiary/aromatic N) is 2. The van der Waals surface area contributed by atoms with Crippen molar-refractivity contribution in [3.05, 3.63) is 92.6 Å². The molecule has 0 saturated carbocycles. The summed E-state index contributed by atoms with van der Waals surface area (Å²) in [4.78, 5) is 32.5. The number of carbonyl (C=O) groups excluding carboxylic acids is 1. The van der Waals surface area contributed by atoms with Crippen molar-refractivity contribution in [2.75, 3.05) is 13.1 Å². The first kappa shape index (κ1) is 22.8. The van der Waals surface area contributed by atoms with Gasteiger partial charge in [0.25, 0.3) is 0 Å². The highest BCUT2D eigenvalue weighted by Crippen LogP contribution is 2.28. The van der Waals surface area contributed by atoms with Gasteiger partial charge in [-0.3, -0.25) is 14.7 Å². The molecule has 1 fully saturated rings. The number of ether oxygens (including phenoxy) is 1. The number of benzene rings is 3. The number of amidine groups is 1. The summed E-state index contributed by atoms with van der Waals surface area (Å²) in [6.07, 6.45) is 1.41. The van der Waals surface area contributed by atoms with E-state index in [0.717, 1.165) is 34.3 Å². The summed E-state index contributed by atoms with van der Waals surface area (Å²) in [5, 5.41) is 4.59. The van der Waals surface area contributed by atoms with Crippen LogP contribution in [0.5, 0.6) is 0 Å². The number of aliphatic imine (C=N–C) groups is 1. The standard InChI is InChI=1S/C28H24BrN3O4/c29-19-9-10-20-25(14-19)36-24-11-8-18(13-21(24)26(20)33)22-15-30-27(31-22)23-7-4-12-32(23)28(34)35-16-17-5-2-1-3-6-17/h1-3,5-6,8-11,13-14,22-23H,4,7,12,15-16H2,(H,30,31)/t22?,23-/m0/s1. The molecule has 2 aliphatic heterocycles. The van der Waals surface area contributed by atoms with Crippen LogP contribution in [0.3, 0.4) is 0 Å². The molecule has 4 aromatic rings. The predicted molar refractivity (Wildman–Crippen MR) is 142 cm³/mol. The van der Waals surface area contributed by atoms with Crippen LogP contribution in [0.2, 0.25) is 0 Å². The largest absolute Gasteiger partial charge is 0.456 e. The van der Waals surface area contributed by atoms with Crippen LogP contribution in [0.25, 0.3) is 21.9 Å². The molecule has 6 rings (SSSR count). The minimum Gasteiger partial charge on any atom is -0.456 e. The van der Waals surface area contributed by atoms with Gasteiger partial charge in [-0.2, -0.15) is 0 Å². The molecule has 0 bridgehead atoms. The van der Waals surface area contributed by atoms with Gasteiger partial charge in [-0.25, -0.2) is 4.79 Å². The van der Waals surface area contributed by atoms with E-state index in [1.54, 1.807) is 17.0 Å². The van der Waals surface area contributed by atoms with Crippen molar-refractivity contribution in [3.8, 4) is 0 Å². The summed E-state index contributed by atoms with van der Waals surface area (Å²) in [6, 6.07) is 20.6. The van der Waals surface area contributed by atoms with Crippen LogP contribution in [0, 0.1) is 0 Å². The highest BCUT2D eigenvalue weighted by Gasteiger charge is 2.36. The zero-order chi connectivity index (χ0) is 24.6. The molecule has 7 nitrogen and oxygen atoms in total. The molecule has 182 valence electrons. The molecule has 1 N–H and O–H groups in total. The molecule has 2 atom stereocenters. The number of hydrogen-bond acceptors (Lipinski definition) is 6. The van der Waals surface area contributed by atoms with E-state index in [9.17, 15) is 9.59 Å². The summed E-state index contributed by atoms with van der Waals surface area (Å²) in [5.41, 5.74) is 2.97. The van der Waals surface area contributed by atoms with Gasteiger partial charge in [-0.05, 0) is 54.3 Å². The maximum Gasteiger partial charge on any atom is 0.410 e. The highest BCUT2D eigenvalue weighted by atomic mass is 79.9. The van der Waals surface area contributed by atoms with E-state index in [-0.39, 0.29) is 30.2 Å². The van der Waals surface area contributed by atoms with E-state index in [2.05, 4.69) is 21.2 Å². The van der Waals surface area contributed by atoms with Gasteiger partial charge < -0.3 is 14.5 Å². The highest BCUT2D eigenvalue weighted by molar-refractivity contribution is 9.10. The molecule has 1 amide bonds. The molecule has 1 unspecified atom stereocenters. The maximum atomic E-state index is 13.1. The normalized spacial score (nSPS) is 19.5. The van der Waals surface area contributed by atoms with Crippen molar-refractivity contribution < 1.29 is 13.9 Å². The number of fused-ring (bicyclic) bond motifs is 2. The minimum absolute atomic E-state index is 0.0529. The molecule has 0 spiro atoms. The molecule has 1 saturated heterocycles. The summed E-state index contributed by atoms with van der Waals surface area (Å²) >= 11 is 3.43. The molecule has 0 radical (unpaired) electrons. The molecule has 0 aliphatic carbocycles. The Bertz CT molecular complexity index is 1550. The summed E-state index contributed by atoms with van der Waals surface area (Å²) in [5.74, 6) is 0.796. The topological polar surface area (TPSA) is 84.1 Å². The Morgan fingerprint density at radius 3 is 2.81 bits per heavy atom. The molecule has 2 aliphatic rings. The molecular formula is C28H24BrN3O4. The van der Waals surface area contributed by atoms with Crippen molar-refractivity contribution in [1.29, 1.82) is 0 Å². The van der Waals surface area contributed by atoms with E-state index in [4.69, 9.17) is 14.1 Å². The first-order valence-electron chi connectivity index (χ1n) is 12.0. The fraction of sp³-hybridized carbons (Fsp3) is 0.250. The van der Waals surface area contributed by atoms with Gasteiger partial charge >= 0.3 is 6.09 Å². The van der Waals surface area contributed by atoms with Gasteiger partial charge in [0.05, 0.1) is 29.4 Å². The third-order valence-corrected chi connectivity index (χ3v) is 7.33. The van der Waals surface area contributed by atoms with Gasteiger partial charge in [-0.15, -0.1) is 0 Å². The molecule has 1 aromatic heterocycles. The van der Waals surface area contributed by atoms with Crippen LogP contribution in [-0.2, 0) is 11.3 Å². The maximum absolute atomic E-state index is 13.1. The fourth-order valence-electron chi connectivity index (χ4n) is 4.98. The summed E-state index contributed by atoms with van der Waals surface area (Å²) in [7, 11) is 0. The second-order valence-electron chi connectivity index (χ2n) is 9.14. The first-order chi connectivity index (χ1) is 17.6. The number of carbonyl (C=O) groups is 1.